The summed E-state index contributed by atoms with van der Waals surface area (Å²) < 4.78 is 41.4. The molecule has 0 radical (unpaired) electrons. The first-order valence-corrected chi connectivity index (χ1v) is 8.65. The number of sulfone groups is 1. The first-order chi connectivity index (χ1) is 9.32. The number of halogens is 3. The van der Waals surface area contributed by atoms with Gasteiger partial charge in [0.25, 0.3) is 0 Å². The molecule has 2 rings (SSSR count). The molecular formula is C12H14Cl2FNO3S. The summed E-state index contributed by atoms with van der Waals surface area (Å²) in [6.07, 6.45) is -0.0842. The van der Waals surface area contributed by atoms with Crippen LogP contribution in [0.1, 0.15) is 11.7 Å². The van der Waals surface area contributed by atoms with Crippen molar-refractivity contribution < 1.29 is 17.5 Å². The monoisotopic (exact) mass is 341 g/mol. The zero-order valence-corrected chi connectivity index (χ0v) is 12.9. The smallest absolute Gasteiger partial charge is 0.175 e. The average molecular weight is 342 g/mol. The molecule has 0 saturated carbocycles. The van der Waals surface area contributed by atoms with Crippen LogP contribution < -0.4 is 5.32 Å². The molecule has 1 aliphatic heterocycles. The quantitative estimate of drug-likeness (QED) is 0.853. The maximum absolute atomic E-state index is 13.0. The van der Waals surface area contributed by atoms with Gasteiger partial charge in [0.1, 0.15) is 23.8 Å². The highest BCUT2D eigenvalue weighted by atomic mass is 35.5. The average Bonchev–Trinajstić information content (AvgIpc) is 2.82. The summed E-state index contributed by atoms with van der Waals surface area (Å²) in [5.74, 6) is 0. The maximum atomic E-state index is 13.0. The van der Waals surface area contributed by atoms with Gasteiger partial charge in [-0.15, -0.1) is 23.2 Å². The van der Waals surface area contributed by atoms with Gasteiger partial charge >= 0.3 is 0 Å². The van der Waals surface area contributed by atoms with Gasteiger partial charge in [-0.1, -0.05) is 12.1 Å². The van der Waals surface area contributed by atoms with Gasteiger partial charge < -0.3 is 4.74 Å². The summed E-state index contributed by atoms with van der Waals surface area (Å²) in [5, 5.41) is 2.85. The highest BCUT2D eigenvalue weighted by Crippen LogP contribution is 2.32. The molecule has 3 atom stereocenters. The van der Waals surface area contributed by atoms with Crippen LogP contribution >= 0.6 is 23.2 Å². The Bertz CT molecular complexity index is 565. The third kappa shape index (κ3) is 3.43. The van der Waals surface area contributed by atoms with Crippen molar-refractivity contribution >= 4 is 33.0 Å². The molecule has 0 aromatic heterocycles. The second-order valence-electron chi connectivity index (χ2n) is 4.58. The standard InChI is InChI=1S/C12H14Cl2FNO3S/c1-20(17,18)8-4-2-7(3-5-8)10-9(6-15)16-12(19-10)11(13)14/h2-5,9-12,16H,6H2,1H3/t9-,10-,12?/m1/s1. The molecule has 0 bridgehead atoms. The lowest BCUT2D eigenvalue weighted by Crippen LogP contribution is -2.36. The SMILES string of the molecule is CS(=O)(=O)c1ccc([C@H]2OC(C(Cl)Cl)N[C@@H]2CF)cc1. The van der Waals surface area contributed by atoms with Crippen molar-refractivity contribution in [2.24, 2.45) is 0 Å². The molecule has 1 heterocycles. The lowest BCUT2D eigenvalue weighted by Gasteiger charge is -2.16. The number of benzene rings is 1. The summed E-state index contributed by atoms with van der Waals surface area (Å²) in [7, 11) is -3.26. The Hall–Kier alpha value is -0.400. The second kappa shape index (κ2) is 6.15. The minimum atomic E-state index is -3.26. The van der Waals surface area contributed by atoms with Crippen molar-refractivity contribution in [1.29, 1.82) is 0 Å². The molecule has 20 heavy (non-hydrogen) atoms. The number of rotatable bonds is 4. The molecule has 0 spiro atoms. The fourth-order valence-electron chi connectivity index (χ4n) is 2.06. The van der Waals surface area contributed by atoms with Crippen LogP contribution in [0.2, 0.25) is 0 Å². The summed E-state index contributed by atoms with van der Waals surface area (Å²) in [6, 6.07) is 5.57. The van der Waals surface area contributed by atoms with Crippen molar-refractivity contribution in [3.63, 3.8) is 0 Å². The van der Waals surface area contributed by atoms with Crippen molar-refractivity contribution in [3.8, 4) is 0 Å². The number of alkyl halides is 3. The highest BCUT2D eigenvalue weighted by Gasteiger charge is 2.38. The van der Waals surface area contributed by atoms with Crippen molar-refractivity contribution in [2.75, 3.05) is 12.9 Å². The Morgan fingerprint density at radius 2 is 1.95 bits per heavy atom. The van der Waals surface area contributed by atoms with E-state index in [1.165, 1.54) is 12.1 Å². The van der Waals surface area contributed by atoms with Crippen LogP contribution in [0.15, 0.2) is 29.2 Å². The van der Waals surface area contributed by atoms with E-state index in [4.69, 9.17) is 27.9 Å². The number of hydrogen-bond acceptors (Lipinski definition) is 4. The lowest BCUT2D eigenvalue weighted by molar-refractivity contribution is 0.0424. The number of hydrogen-bond donors (Lipinski definition) is 1. The topological polar surface area (TPSA) is 55.4 Å². The minimum Gasteiger partial charge on any atom is -0.351 e. The van der Waals surface area contributed by atoms with Crippen LogP contribution in [0.3, 0.4) is 0 Å². The summed E-state index contributed by atoms with van der Waals surface area (Å²) in [4.78, 5) is -0.613. The van der Waals surface area contributed by atoms with E-state index in [2.05, 4.69) is 5.32 Å². The lowest BCUT2D eigenvalue weighted by atomic mass is 10.0. The van der Waals surface area contributed by atoms with Crippen LogP contribution in [-0.4, -0.2) is 38.5 Å². The fourth-order valence-corrected chi connectivity index (χ4v) is 2.96. The molecule has 8 heteroatoms. The van der Waals surface area contributed by atoms with Crippen LogP contribution in [0.25, 0.3) is 0 Å². The Balaban J connectivity index is 2.22. The van der Waals surface area contributed by atoms with E-state index >= 15 is 0 Å². The van der Waals surface area contributed by atoms with Crippen molar-refractivity contribution in [1.82, 2.24) is 5.32 Å². The predicted molar refractivity (Wildman–Crippen MR) is 75.6 cm³/mol. The van der Waals surface area contributed by atoms with E-state index in [0.29, 0.717) is 5.56 Å². The van der Waals surface area contributed by atoms with Gasteiger partial charge in [-0.05, 0) is 17.7 Å². The summed E-state index contributed by atoms with van der Waals surface area (Å²) >= 11 is 11.4. The predicted octanol–water partition coefficient (Wildman–Crippen LogP) is 2.22. The van der Waals surface area contributed by atoms with E-state index < -0.39 is 39.7 Å². The zero-order valence-electron chi connectivity index (χ0n) is 10.6. The van der Waals surface area contributed by atoms with E-state index in [1.54, 1.807) is 12.1 Å². The molecule has 0 amide bonds. The number of ether oxygens (including phenoxy) is 1. The summed E-state index contributed by atoms with van der Waals surface area (Å²) in [5.41, 5.74) is 0.670. The van der Waals surface area contributed by atoms with Crippen LogP contribution in [-0.2, 0) is 14.6 Å². The van der Waals surface area contributed by atoms with Gasteiger partial charge in [0, 0.05) is 6.26 Å². The Kier molecular flexibility index (Phi) is 4.92. The van der Waals surface area contributed by atoms with Crippen molar-refractivity contribution in [3.05, 3.63) is 29.8 Å². The molecule has 1 aromatic carbocycles. The van der Waals surface area contributed by atoms with E-state index in [-0.39, 0.29) is 4.90 Å². The molecular weight excluding hydrogens is 328 g/mol. The third-order valence-electron chi connectivity index (χ3n) is 3.07. The number of nitrogens with one attached hydrogen (secondary N) is 1. The second-order valence-corrected chi connectivity index (χ2v) is 7.76. The van der Waals surface area contributed by atoms with E-state index in [1.807, 2.05) is 0 Å². The van der Waals surface area contributed by atoms with Gasteiger partial charge in [0.15, 0.2) is 9.84 Å². The first kappa shape index (κ1) is 16.0. The van der Waals surface area contributed by atoms with Crippen LogP contribution in [0, 0.1) is 0 Å². The van der Waals surface area contributed by atoms with E-state index in [9.17, 15) is 12.8 Å². The van der Waals surface area contributed by atoms with Gasteiger partial charge in [-0.3, -0.25) is 5.32 Å². The Labute approximate surface area is 127 Å². The molecule has 0 aliphatic carbocycles. The molecule has 1 saturated heterocycles. The molecule has 1 unspecified atom stereocenters. The van der Waals surface area contributed by atoms with Gasteiger partial charge in [-0.2, -0.15) is 0 Å². The molecule has 1 aliphatic rings. The zero-order chi connectivity index (χ0) is 14.9. The Morgan fingerprint density at radius 1 is 1.35 bits per heavy atom. The minimum absolute atomic E-state index is 0.202. The van der Waals surface area contributed by atoms with Crippen LogP contribution in [0.4, 0.5) is 4.39 Å². The van der Waals surface area contributed by atoms with Gasteiger partial charge in [-0.25, -0.2) is 12.8 Å². The first-order valence-electron chi connectivity index (χ1n) is 5.88. The highest BCUT2D eigenvalue weighted by molar-refractivity contribution is 7.90. The van der Waals surface area contributed by atoms with Crippen molar-refractivity contribution in [2.45, 2.75) is 28.1 Å². The Morgan fingerprint density at radius 3 is 2.40 bits per heavy atom. The molecule has 1 aromatic rings. The van der Waals surface area contributed by atoms with Gasteiger partial charge in [0.2, 0.25) is 0 Å². The van der Waals surface area contributed by atoms with E-state index in [0.717, 1.165) is 6.26 Å². The molecule has 1 N–H and O–H groups in total. The summed E-state index contributed by atoms with van der Waals surface area (Å²) in [6.45, 7) is -0.643. The normalized spacial score (nSPS) is 27.1. The largest absolute Gasteiger partial charge is 0.351 e. The molecule has 1 fully saturated rings. The maximum Gasteiger partial charge on any atom is 0.175 e. The van der Waals surface area contributed by atoms with Crippen LogP contribution in [0.5, 0.6) is 0 Å². The van der Waals surface area contributed by atoms with Gasteiger partial charge in [0.05, 0.1) is 10.9 Å². The molecule has 112 valence electrons. The molecule has 4 nitrogen and oxygen atoms in total. The third-order valence-corrected chi connectivity index (χ3v) is 4.66. The fraction of sp³-hybridized carbons (Fsp3) is 0.500.